The van der Waals surface area contributed by atoms with Crippen molar-refractivity contribution in [3.05, 3.63) is 0 Å². The van der Waals surface area contributed by atoms with Gasteiger partial charge in [-0.15, -0.1) is 0 Å². The topological polar surface area (TPSA) is 46.5 Å². The molecule has 3 heteroatoms. The van der Waals surface area contributed by atoms with Gasteiger partial charge in [-0.2, -0.15) is 0 Å². The number of carbonyl (C=O) groups is 1. The average molecular weight is 585 g/mol. The monoisotopic (exact) mass is 585 g/mol. The van der Waals surface area contributed by atoms with Crippen LogP contribution in [0.25, 0.3) is 0 Å². The molecular weight excluding hydrogens is 516 g/mol. The molecule has 1 N–H and O–H groups in total. The minimum atomic E-state index is -1.16. The fraction of sp³-hybridized carbons (Fsp3) is 0.974. The number of hydrogen-bond acceptors (Lipinski definition) is 2. The normalized spacial score (nSPS) is 47.4. The Labute approximate surface area is 260 Å². The standard InChI is InChI=1S/C30H50.C9H18O3/c1-19-10-12-21-16-28(19,24(21,3)4)27(9)15-14-23-18-30(27,26(23,7)8)29-17-22(25(29,5)6)13-11-20(29)2;1-3-5-6-8(4-2)7-12-9(10)11/h19-23H,10-18H2,1-9H3;8H,3-7H2,1-2H3,(H,10,11). The Morgan fingerprint density at radius 2 is 1.29 bits per heavy atom. The molecule has 9 aliphatic rings. The molecule has 0 amide bonds. The van der Waals surface area contributed by atoms with Crippen molar-refractivity contribution in [3.63, 3.8) is 0 Å². The Balaban J connectivity index is 0.000000252. The van der Waals surface area contributed by atoms with Crippen molar-refractivity contribution in [3.8, 4) is 0 Å². The fourth-order valence-electron chi connectivity index (χ4n) is 15.0. The van der Waals surface area contributed by atoms with Crippen LogP contribution in [-0.2, 0) is 4.74 Å². The zero-order valence-electron chi connectivity index (χ0n) is 29.6. The number of rotatable bonds is 8. The Morgan fingerprint density at radius 3 is 1.71 bits per heavy atom. The van der Waals surface area contributed by atoms with Crippen molar-refractivity contribution >= 4 is 6.16 Å². The molecule has 10 atom stereocenters. The third-order valence-corrected chi connectivity index (χ3v) is 17.4. The van der Waals surface area contributed by atoms with Crippen molar-refractivity contribution in [1.82, 2.24) is 0 Å². The van der Waals surface area contributed by atoms with E-state index in [-0.39, 0.29) is 0 Å². The van der Waals surface area contributed by atoms with Crippen molar-refractivity contribution in [2.45, 2.75) is 160 Å². The molecule has 9 aliphatic carbocycles. The number of hydrogen-bond donors (Lipinski definition) is 1. The molecule has 6 bridgehead atoms. The van der Waals surface area contributed by atoms with Gasteiger partial charge < -0.3 is 9.84 Å². The van der Waals surface area contributed by atoms with Crippen LogP contribution < -0.4 is 0 Å². The van der Waals surface area contributed by atoms with Gasteiger partial charge in [-0.3, -0.25) is 0 Å². The van der Waals surface area contributed by atoms with Gasteiger partial charge in [0, 0.05) is 0 Å². The third kappa shape index (κ3) is 3.67. The lowest BCUT2D eigenvalue weighted by Gasteiger charge is -2.92. The molecule has 9 rings (SSSR count). The predicted molar refractivity (Wildman–Crippen MR) is 174 cm³/mol. The molecule has 3 nitrogen and oxygen atoms in total. The summed E-state index contributed by atoms with van der Waals surface area (Å²) in [6, 6.07) is 0. The molecule has 9 fully saturated rings. The highest BCUT2D eigenvalue weighted by Crippen LogP contribution is 2.95. The van der Waals surface area contributed by atoms with E-state index < -0.39 is 6.16 Å². The summed E-state index contributed by atoms with van der Waals surface area (Å²) in [5.41, 5.74) is 3.78. The number of unbranched alkanes of at least 4 members (excludes halogenated alkanes) is 1. The maximum atomic E-state index is 10.1. The van der Waals surface area contributed by atoms with E-state index in [9.17, 15) is 4.79 Å². The molecule has 0 radical (unpaired) electrons. The van der Waals surface area contributed by atoms with E-state index >= 15 is 0 Å². The second-order valence-electron chi connectivity index (χ2n) is 18.5. The summed E-state index contributed by atoms with van der Waals surface area (Å²) in [5, 5.41) is 8.26. The highest BCUT2D eigenvalue weighted by Gasteiger charge is 2.88. The Hall–Kier alpha value is -0.730. The summed E-state index contributed by atoms with van der Waals surface area (Å²) in [6.07, 6.45) is 16.9. The van der Waals surface area contributed by atoms with Gasteiger partial charge in [0.15, 0.2) is 0 Å². The van der Waals surface area contributed by atoms with E-state index in [0.717, 1.165) is 55.3 Å². The van der Waals surface area contributed by atoms with E-state index in [4.69, 9.17) is 5.11 Å². The molecule has 242 valence electrons. The quantitative estimate of drug-likeness (QED) is 0.289. The fourth-order valence-corrected chi connectivity index (χ4v) is 15.0. The maximum absolute atomic E-state index is 10.1. The molecule has 0 aliphatic heterocycles. The van der Waals surface area contributed by atoms with Gasteiger partial charge in [0.05, 0.1) is 6.61 Å². The van der Waals surface area contributed by atoms with Crippen molar-refractivity contribution in [1.29, 1.82) is 0 Å². The van der Waals surface area contributed by atoms with Gasteiger partial charge in [-0.05, 0) is 138 Å². The van der Waals surface area contributed by atoms with E-state index in [2.05, 4.69) is 80.9 Å². The minimum absolute atomic E-state index is 0.353. The van der Waals surface area contributed by atoms with Crippen LogP contribution in [-0.4, -0.2) is 17.9 Å². The molecule has 0 spiro atoms. The lowest BCUT2D eigenvalue weighted by atomic mass is 9.12. The first-order valence-electron chi connectivity index (χ1n) is 18.3. The molecule has 0 heterocycles. The van der Waals surface area contributed by atoms with Crippen molar-refractivity contribution < 1.29 is 14.6 Å². The average Bonchev–Trinajstić information content (AvgIpc) is 2.92. The zero-order chi connectivity index (χ0) is 31.1. The minimum Gasteiger partial charge on any atom is -0.450 e. The SMILES string of the molecule is CC1CCC2CC1(C1(C)CCC3CC1(C14CC(CCC1C)C4(C)C)C3(C)C)C2(C)C.CCCCC(CC)COC(=O)O. The highest BCUT2D eigenvalue weighted by atomic mass is 16.7. The smallest absolute Gasteiger partial charge is 0.450 e. The van der Waals surface area contributed by atoms with Gasteiger partial charge in [0.1, 0.15) is 0 Å². The molecule has 0 aromatic rings. The van der Waals surface area contributed by atoms with Crippen molar-refractivity contribution in [2.75, 3.05) is 6.61 Å². The molecule has 9 saturated carbocycles. The number of carboxylic acid groups (broad SMARTS) is 1. The highest BCUT2D eigenvalue weighted by molar-refractivity contribution is 5.56. The zero-order valence-corrected chi connectivity index (χ0v) is 29.6. The molecular formula is C39H68O3. The maximum Gasteiger partial charge on any atom is 0.505 e. The second-order valence-corrected chi connectivity index (χ2v) is 18.5. The van der Waals surface area contributed by atoms with E-state index in [1.165, 1.54) is 38.5 Å². The first-order valence-corrected chi connectivity index (χ1v) is 18.3. The summed E-state index contributed by atoms with van der Waals surface area (Å²) < 4.78 is 4.51. The van der Waals surface area contributed by atoms with Crippen LogP contribution in [0.3, 0.4) is 0 Å². The summed E-state index contributed by atoms with van der Waals surface area (Å²) in [5.74, 6) is 5.18. The van der Waals surface area contributed by atoms with Gasteiger partial charge in [0.2, 0.25) is 0 Å². The molecule has 42 heavy (non-hydrogen) atoms. The van der Waals surface area contributed by atoms with Crippen LogP contribution in [0, 0.1) is 73.4 Å². The lowest BCUT2D eigenvalue weighted by Crippen LogP contribution is -2.86. The van der Waals surface area contributed by atoms with Crippen LogP contribution in [0.5, 0.6) is 0 Å². The van der Waals surface area contributed by atoms with Crippen LogP contribution in [0.4, 0.5) is 4.79 Å². The molecule has 10 unspecified atom stereocenters. The molecule has 0 aromatic heterocycles. The summed E-state index contributed by atoms with van der Waals surface area (Å²) in [7, 11) is 0. The first kappa shape index (κ1) is 32.7. The van der Waals surface area contributed by atoms with Crippen LogP contribution >= 0.6 is 0 Å². The Bertz CT molecular complexity index is 1030. The van der Waals surface area contributed by atoms with Crippen LogP contribution in [0.15, 0.2) is 0 Å². The van der Waals surface area contributed by atoms with Crippen LogP contribution in [0.1, 0.15) is 160 Å². The predicted octanol–water partition coefficient (Wildman–Crippen LogP) is 11.6. The molecule has 0 saturated heterocycles. The van der Waals surface area contributed by atoms with Gasteiger partial charge in [0.25, 0.3) is 0 Å². The summed E-state index contributed by atoms with van der Waals surface area (Å²) in [4.78, 5) is 10.1. The Morgan fingerprint density at radius 1 is 0.762 bits per heavy atom. The van der Waals surface area contributed by atoms with Gasteiger partial charge in [-0.1, -0.05) is 95.4 Å². The molecule has 0 aromatic carbocycles. The van der Waals surface area contributed by atoms with Crippen LogP contribution in [0.2, 0.25) is 0 Å². The Kier molecular flexibility index (Phi) is 8.09. The van der Waals surface area contributed by atoms with E-state index in [1.807, 2.05) is 0 Å². The first-order chi connectivity index (χ1) is 19.5. The third-order valence-electron chi connectivity index (χ3n) is 17.4. The van der Waals surface area contributed by atoms with Crippen molar-refractivity contribution in [2.24, 2.45) is 73.4 Å². The lowest BCUT2D eigenvalue weighted by molar-refractivity contribution is -0.441. The summed E-state index contributed by atoms with van der Waals surface area (Å²) in [6.45, 7) is 29.2. The van der Waals surface area contributed by atoms with Gasteiger partial charge in [-0.25, -0.2) is 4.79 Å². The second kappa shape index (κ2) is 10.4. The summed E-state index contributed by atoms with van der Waals surface area (Å²) >= 11 is 0. The van der Waals surface area contributed by atoms with E-state index in [1.54, 1.807) is 19.3 Å². The number of fused-ring (bicyclic) bond motifs is 6. The number of ether oxygens (including phenoxy) is 1. The van der Waals surface area contributed by atoms with Gasteiger partial charge >= 0.3 is 6.16 Å². The largest absolute Gasteiger partial charge is 0.505 e. The van der Waals surface area contributed by atoms with E-state index in [0.29, 0.717) is 50.4 Å².